The van der Waals surface area contributed by atoms with Crippen LogP contribution in [0, 0.1) is 0 Å². The molecule has 2 aromatic rings. The number of benzene rings is 1. The highest BCUT2D eigenvalue weighted by Crippen LogP contribution is 2.39. The number of carbonyl (C=O) groups is 2. The molecule has 0 saturated carbocycles. The number of hydrogen-bond donors (Lipinski definition) is 1. The van der Waals surface area contributed by atoms with Crippen LogP contribution in [0.25, 0.3) is 0 Å². The molecule has 1 amide bonds. The minimum absolute atomic E-state index is 0.0985. The third-order valence-corrected chi connectivity index (χ3v) is 6.43. The van der Waals surface area contributed by atoms with Crippen LogP contribution in [-0.2, 0) is 28.8 Å². The fourth-order valence-corrected chi connectivity index (χ4v) is 5.30. The molecule has 1 aliphatic carbocycles. The van der Waals surface area contributed by atoms with Gasteiger partial charge in [-0.15, -0.1) is 11.3 Å². The number of para-hydroxylation sites is 1. The SMILES string of the molecule is COC(=O)c1c(NC(=O)CN2c3ccccc3CC2C)sc2c1CCC2. The minimum Gasteiger partial charge on any atom is -0.465 e. The lowest BCUT2D eigenvalue weighted by atomic mass is 10.1. The van der Waals surface area contributed by atoms with Crippen LogP contribution in [0.15, 0.2) is 24.3 Å². The summed E-state index contributed by atoms with van der Waals surface area (Å²) < 4.78 is 4.95. The fraction of sp³-hybridized carbons (Fsp3) is 0.400. The molecule has 6 heteroatoms. The summed E-state index contributed by atoms with van der Waals surface area (Å²) in [4.78, 5) is 28.3. The first kappa shape index (κ1) is 17.1. The van der Waals surface area contributed by atoms with Crippen LogP contribution in [0.1, 0.15) is 39.7 Å². The van der Waals surface area contributed by atoms with Crippen molar-refractivity contribution in [1.82, 2.24) is 0 Å². The number of amides is 1. The Kier molecular flexibility index (Phi) is 4.44. The van der Waals surface area contributed by atoms with Gasteiger partial charge in [0.05, 0.1) is 19.2 Å². The maximum atomic E-state index is 12.7. The molecule has 0 fully saturated rings. The Hall–Kier alpha value is -2.34. The van der Waals surface area contributed by atoms with E-state index in [4.69, 9.17) is 4.74 Å². The largest absolute Gasteiger partial charge is 0.465 e. The second kappa shape index (κ2) is 6.76. The number of anilines is 2. The van der Waals surface area contributed by atoms with Gasteiger partial charge in [0.1, 0.15) is 5.00 Å². The van der Waals surface area contributed by atoms with Gasteiger partial charge in [-0.1, -0.05) is 18.2 Å². The summed E-state index contributed by atoms with van der Waals surface area (Å²) >= 11 is 1.51. The molecule has 136 valence electrons. The van der Waals surface area contributed by atoms with E-state index in [0.717, 1.165) is 36.9 Å². The van der Waals surface area contributed by atoms with Gasteiger partial charge in [-0.25, -0.2) is 4.79 Å². The number of hydrogen-bond acceptors (Lipinski definition) is 5. The van der Waals surface area contributed by atoms with Gasteiger partial charge in [0.2, 0.25) is 5.91 Å². The molecular formula is C20H22N2O3S. The number of fused-ring (bicyclic) bond motifs is 2. The highest BCUT2D eigenvalue weighted by atomic mass is 32.1. The van der Waals surface area contributed by atoms with Crippen LogP contribution in [0.3, 0.4) is 0 Å². The third-order valence-electron chi connectivity index (χ3n) is 5.23. The number of aryl methyl sites for hydroxylation is 1. The number of nitrogens with one attached hydrogen (secondary N) is 1. The summed E-state index contributed by atoms with van der Waals surface area (Å²) in [5.74, 6) is -0.460. The molecule has 1 aromatic heterocycles. The Labute approximate surface area is 157 Å². The van der Waals surface area contributed by atoms with Crippen molar-refractivity contribution in [2.24, 2.45) is 0 Å². The Bertz CT molecular complexity index is 874. The maximum Gasteiger partial charge on any atom is 0.341 e. The van der Waals surface area contributed by atoms with Crippen molar-refractivity contribution in [2.45, 2.75) is 38.6 Å². The van der Waals surface area contributed by atoms with Gasteiger partial charge in [0.25, 0.3) is 0 Å². The topological polar surface area (TPSA) is 58.6 Å². The van der Waals surface area contributed by atoms with Crippen LogP contribution in [0.5, 0.6) is 0 Å². The minimum atomic E-state index is -0.361. The summed E-state index contributed by atoms with van der Waals surface area (Å²) in [6.45, 7) is 2.41. The molecule has 1 aliphatic heterocycles. The number of methoxy groups -OCH3 is 1. The first-order valence-corrected chi connectivity index (χ1v) is 9.77. The lowest BCUT2D eigenvalue weighted by Crippen LogP contribution is -2.37. The van der Waals surface area contributed by atoms with Gasteiger partial charge in [0, 0.05) is 16.6 Å². The lowest BCUT2D eigenvalue weighted by Gasteiger charge is -2.24. The van der Waals surface area contributed by atoms with Crippen LogP contribution < -0.4 is 10.2 Å². The third kappa shape index (κ3) is 2.88. The van der Waals surface area contributed by atoms with E-state index in [2.05, 4.69) is 29.3 Å². The summed E-state index contributed by atoms with van der Waals surface area (Å²) in [6, 6.07) is 8.49. The number of nitrogens with zero attached hydrogens (tertiary/aromatic N) is 1. The van der Waals surface area contributed by atoms with E-state index in [9.17, 15) is 9.59 Å². The first-order valence-electron chi connectivity index (χ1n) is 8.95. The van der Waals surface area contributed by atoms with Gasteiger partial charge in [-0.3, -0.25) is 4.79 Å². The number of carbonyl (C=O) groups excluding carboxylic acids is 2. The van der Waals surface area contributed by atoms with Crippen molar-refractivity contribution in [2.75, 3.05) is 23.9 Å². The maximum absolute atomic E-state index is 12.7. The smallest absolute Gasteiger partial charge is 0.341 e. The van der Waals surface area contributed by atoms with E-state index >= 15 is 0 Å². The zero-order chi connectivity index (χ0) is 18.3. The van der Waals surface area contributed by atoms with E-state index in [1.54, 1.807) is 0 Å². The van der Waals surface area contributed by atoms with E-state index in [1.165, 1.54) is 28.9 Å². The summed E-state index contributed by atoms with van der Waals surface area (Å²) in [5, 5.41) is 3.60. The highest BCUT2D eigenvalue weighted by molar-refractivity contribution is 7.17. The van der Waals surface area contributed by atoms with Crippen LogP contribution >= 0.6 is 11.3 Å². The van der Waals surface area contributed by atoms with Crippen LogP contribution in [0.2, 0.25) is 0 Å². The van der Waals surface area contributed by atoms with Crippen molar-refractivity contribution in [1.29, 1.82) is 0 Å². The van der Waals surface area contributed by atoms with Crippen molar-refractivity contribution < 1.29 is 14.3 Å². The molecular weight excluding hydrogens is 348 g/mol. The Morgan fingerprint density at radius 1 is 1.31 bits per heavy atom. The van der Waals surface area contributed by atoms with E-state index in [-0.39, 0.29) is 24.5 Å². The standard InChI is InChI=1S/C20H22N2O3S/c1-12-10-13-6-3-4-8-15(13)22(12)11-17(23)21-19-18(20(24)25-2)14-7-5-9-16(14)26-19/h3-4,6,8,12H,5,7,9-11H2,1-2H3,(H,21,23). The van der Waals surface area contributed by atoms with Crippen molar-refractivity contribution >= 4 is 33.9 Å². The zero-order valence-corrected chi connectivity index (χ0v) is 15.8. The monoisotopic (exact) mass is 370 g/mol. The van der Waals surface area contributed by atoms with Crippen molar-refractivity contribution in [3.63, 3.8) is 0 Å². The van der Waals surface area contributed by atoms with Gasteiger partial charge >= 0.3 is 5.97 Å². The molecule has 1 aromatic carbocycles. The highest BCUT2D eigenvalue weighted by Gasteiger charge is 2.30. The zero-order valence-electron chi connectivity index (χ0n) is 15.0. The predicted octanol–water partition coefficient (Wildman–Crippen LogP) is 3.41. The lowest BCUT2D eigenvalue weighted by molar-refractivity contribution is -0.115. The van der Waals surface area contributed by atoms with Crippen molar-refractivity contribution in [3.05, 3.63) is 45.8 Å². The van der Waals surface area contributed by atoms with Crippen LogP contribution in [-0.4, -0.2) is 31.6 Å². The normalized spacial score (nSPS) is 17.8. The van der Waals surface area contributed by atoms with Gasteiger partial charge in [-0.05, 0) is 49.8 Å². The van der Waals surface area contributed by atoms with Gasteiger partial charge < -0.3 is 15.0 Å². The molecule has 2 heterocycles. The molecule has 4 rings (SSSR count). The molecule has 26 heavy (non-hydrogen) atoms. The van der Waals surface area contributed by atoms with Crippen molar-refractivity contribution in [3.8, 4) is 0 Å². The summed E-state index contributed by atoms with van der Waals surface area (Å²) in [7, 11) is 1.38. The average molecular weight is 370 g/mol. The molecule has 0 bridgehead atoms. The van der Waals surface area contributed by atoms with Gasteiger partial charge in [0.15, 0.2) is 0 Å². The molecule has 1 N–H and O–H groups in total. The molecule has 0 radical (unpaired) electrons. The number of ether oxygens (including phenoxy) is 1. The summed E-state index contributed by atoms with van der Waals surface area (Å²) in [6.07, 6.45) is 3.85. The number of thiophene rings is 1. The molecule has 1 unspecified atom stereocenters. The van der Waals surface area contributed by atoms with E-state index in [1.807, 2.05) is 12.1 Å². The fourth-order valence-electron chi connectivity index (χ4n) is 4.00. The molecule has 2 aliphatic rings. The molecule has 0 spiro atoms. The number of rotatable bonds is 4. The average Bonchev–Trinajstić information content (AvgIpc) is 3.28. The molecule has 5 nitrogen and oxygen atoms in total. The second-order valence-electron chi connectivity index (χ2n) is 6.91. The molecule has 0 saturated heterocycles. The van der Waals surface area contributed by atoms with Gasteiger partial charge in [-0.2, -0.15) is 0 Å². The second-order valence-corrected chi connectivity index (χ2v) is 8.02. The summed E-state index contributed by atoms with van der Waals surface area (Å²) in [5.41, 5.74) is 4.00. The first-order chi connectivity index (χ1) is 12.6. The number of esters is 1. The molecule has 1 atom stereocenters. The predicted molar refractivity (Wildman–Crippen MR) is 103 cm³/mol. The van der Waals surface area contributed by atoms with E-state index < -0.39 is 0 Å². The Balaban J connectivity index is 1.54. The quantitative estimate of drug-likeness (QED) is 0.838. The van der Waals surface area contributed by atoms with E-state index in [0.29, 0.717) is 10.6 Å². The Morgan fingerprint density at radius 2 is 2.12 bits per heavy atom. The van der Waals surface area contributed by atoms with Crippen LogP contribution in [0.4, 0.5) is 10.7 Å². The Morgan fingerprint density at radius 3 is 2.92 bits per heavy atom.